The van der Waals surface area contributed by atoms with Crippen LogP contribution in [0.1, 0.15) is 12.0 Å². The molecule has 18 heavy (non-hydrogen) atoms. The van der Waals surface area contributed by atoms with Crippen molar-refractivity contribution in [2.24, 2.45) is 5.14 Å². The summed E-state index contributed by atoms with van der Waals surface area (Å²) >= 11 is 0. The highest BCUT2D eigenvalue weighted by Gasteiger charge is 2.35. The van der Waals surface area contributed by atoms with Crippen LogP contribution >= 0.6 is 0 Å². The summed E-state index contributed by atoms with van der Waals surface area (Å²) in [5, 5.41) is 15.5. The van der Waals surface area contributed by atoms with Crippen molar-refractivity contribution in [3.63, 3.8) is 0 Å². The first-order chi connectivity index (χ1) is 8.20. The maximum absolute atomic E-state index is 12.6. The molecule has 0 atom stereocenters. The van der Waals surface area contributed by atoms with E-state index in [0.717, 1.165) is 7.11 Å². The molecule has 11 heteroatoms. The lowest BCUT2D eigenvalue weighted by Gasteiger charge is -2.09. The zero-order chi connectivity index (χ0) is 14.1. The van der Waals surface area contributed by atoms with E-state index in [2.05, 4.69) is 9.72 Å². The Morgan fingerprint density at radius 1 is 1.56 bits per heavy atom. The van der Waals surface area contributed by atoms with Crippen molar-refractivity contribution in [2.75, 3.05) is 7.11 Å². The van der Waals surface area contributed by atoms with Gasteiger partial charge >= 0.3 is 5.69 Å². The lowest BCUT2D eigenvalue weighted by atomic mass is 10.2. The molecule has 0 saturated heterocycles. The van der Waals surface area contributed by atoms with E-state index in [9.17, 15) is 27.3 Å². The van der Waals surface area contributed by atoms with Crippen LogP contribution in [0.5, 0.6) is 5.88 Å². The number of sulfonamides is 1. The fourth-order valence-electron chi connectivity index (χ4n) is 1.23. The summed E-state index contributed by atoms with van der Waals surface area (Å²) < 4.78 is 52.1. The molecule has 2 N–H and O–H groups in total. The molecule has 0 unspecified atom stereocenters. The third kappa shape index (κ3) is 2.51. The first-order valence-electron chi connectivity index (χ1n) is 4.22. The second-order valence-electron chi connectivity index (χ2n) is 3.00. The van der Waals surface area contributed by atoms with E-state index in [1.807, 2.05) is 0 Å². The summed E-state index contributed by atoms with van der Waals surface area (Å²) in [6.45, 7) is 0. The van der Waals surface area contributed by atoms with E-state index in [-0.39, 0.29) is 0 Å². The van der Waals surface area contributed by atoms with Gasteiger partial charge in [0.1, 0.15) is 5.56 Å². The average molecular weight is 283 g/mol. The van der Waals surface area contributed by atoms with E-state index in [1.165, 1.54) is 0 Å². The number of nitrogens with zero attached hydrogens (tertiary/aromatic N) is 2. The zero-order valence-electron chi connectivity index (χ0n) is 8.83. The largest absolute Gasteiger partial charge is 0.480 e. The highest BCUT2D eigenvalue weighted by Crippen LogP contribution is 2.37. The van der Waals surface area contributed by atoms with Gasteiger partial charge < -0.3 is 4.74 Å². The minimum atomic E-state index is -4.64. The maximum Gasteiger partial charge on any atom is 0.305 e. The molecule has 1 aromatic rings. The van der Waals surface area contributed by atoms with Gasteiger partial charge in [0.15, 0.2) is 0 Å². The molecule has 1 heterocycles. The number of nitro groups is 1. The van der Waals surface area contributed by atoms with Gasteiger partial charge in [-0.3, -0.25) is 10.1 Å². The Kier molecular flexibility index (Phi) is 3.76. The van der Waals surface area contributed by atoms with Gasteiger partial charge in [0.25, 0.3) is 6.43 Å². The number of primary sulfonamides is 1. The third-order valence-electron chi connectivity index (χ3n) is 1.90. The van der Waals surface area contributed by atoms with Crippen LogP contribution < -0.4 is 9.88 Å². The molecule has 0 amide bonds. The van der Waals surface area contributed by atoms with Crippen molar-refractivity contribution in [3.05, 3.63) is 21.9 Å². The van der Waals surface area contributed by atoms with Gasteiger partial charge in [-0.1, -0.05) is 0 Å². The van der Waals surface area contributed by atoms with E-state index in [0.29, 0.717) is 6.20 Å². The number of pyridine rings is 1. The summed E-state index contributed by atoms with van der Waals surface area (Å²) in [5.41, 5.74) is -2.48. The summed E-state index contributed by atoms with van der Waals surface area (Å²) in [6.07, 6.45) is -2.81. The predicted octanol–water partition coefficient (Wildman–Crippen LogP) is 0.583. The lowest BCUT2D eigenvalue weighted by Crippen LogP contribution is -2.17. The van der Waals surface area contributed by atoms with Crippen LogP contribution in [0.3, 0.4) is 0 Å². The first kappa shape index (κ1) is 14.2. The monoisotopic (exact) mass is 283 g/mol. The summed E-state index contributed by atoms with van der Waals surface area (Å²) in [6, 6.07) is 0. The number of halogens is 2. The number of aromatic nitrogens is 1. The number of alkyl halides is 2. The van der Waals surface area contributed by atoms with Crippen molar-refractivity contribution in [2.45, 2.75) is 11.3 Å². The minimum absolute atomic E-state index is 0.469. The fraction of sp³-hybridized carbons (Fsp3) is 0.286. The smallest absolute Gasteiger partial charge is 0.305 e. The fourth-order valence-corrected chi connectivity index (χ4v) is 2.07. The summed E-state index contributed by atoms with van der Waals surface area (Å²) in [7, 11) is -3.66. The second-order valence-corrected chi connectivity index (χ2v) is 4.50. The Morgan fingerprint density at radius 2 is 2.11 bits per heavy atom. The number of ether oxygens (including phenoxy) is 1. The third-order valence-corrected chi connectivity index (χ3v) is 2.84. The molecule has 0 aliphatic heterocycles. The quantitative estimate of drug-likeness (QED) is 0.636. The Balaban J connectivity index is 3.83. The molecule has 0 bridgehead atoms. The van der Waals surface area contributed by atoms with Crippen molar-refractivity contribution in [1.29, 1.82) is 0 Å². The van der Waals surface area contributed by atoms with E-state index >= 15 is 0 Å². The number of methoxy groups -OCH3 is 1. The van der Waals surface area contributed by atoms with Gasteiger partial charge in [-0.15, -0.1) is 0 Å². The van der Waals surface area contributed by atoms with Gasteiger partial charge in [-0.25, -0.2) is 27.3 Å². The average Bonchev–Trinajstić information content (AvgIpc) is 2.25. The van der Waals surface area contributed by atoms with Gasteiger partial charge in [0, 0.05) is 6.20 Å². The van der Waals surface area contributed by atoms with Crippen LogP contribution in [0.4, 0.5) is 14.5 Å². The molecule has 8 nitrogen and oxygen atoms in total. The van der Waals surface area contributed by atoms with Gasteiger partial charge in [-0.05, 0) is 0 Å². The van der Waals surface area contributed by atoms with Crippen molar-refractivity contribution in [1.82, 2.24) is 4.98 Å². The number of nitrogens with two attached hydrogens (primary N) is 1. The molecule has 1 aromatic heterocycles. The molecule has 0 saturated carbocycles. The molecule has 1 rings (SSSR count). The topological polar surface area (TPSA) is 125 Å². The number of rotatable bonds is 4. The van der Waals surface area contributed by atoms with Crippen molar-refractivity contribution >= 4 is 15.7 Å². The van der Waals surface area contributed by atoms with E-state index in [1.54, 1.807) is 0 Å². The van der Waals surface area contributed by atoms with Gasteiger partial charge in [-0.2, -0.15) is 0 Å². The number of hydrogen-bond donors (Lipinski definition) is 1. The normalized spacial score (nSPS) is 11.6. The standard InChI is InChI=1S/C7H7F2N3O5S/c1-17-7-5(18(10,15)16)4(12(13)14)3(2-11-7)6(8)9/h2,6H,1H3,(H2,10,15,16). The summed E-state index contributed by atoms with van der Waals surface area (Å²) in [4.78, 5) is 11.5. The zero-order valence-corrected chi connectivity index (χ0v) is 9.65. The van der Waals surface area contributed by atoms with Crippen LogP contribution in [0.2, 0.25) is 0 Å². The Morgan fingerprint density at radius 3 is 2.44 bits per heavy atom. The summed E-state index contributed by atoms with van der Waals surface area (Å²) in [5.74, 6) is -0.714. The SMILES string of the molecule is COc1ncc(C(F)F)c([N+](=O)[O-])c1S(N)(=O)=O. The second kappa shape index (κ2) is 4.78. The van der Waals surface area contributed by atoms with E-state index < -0.39 is 43.4 Å². The highest BCUT2D eigenvalue weighted by atomic mass is 32.2. The molecule has 0 fully saturated rings. The van der Waals surface area contributed by atoms with Crippen LogP contribution in [0.15, 0.2) is 11.1 Å². The van der Waals surface area contributed by atoms with Crippen molar-refractivity contribution in [3.8, 4) is 5.88 Å². The molecule has 0 aromatic carbocycles. The maximum atomic E-state index is 12.6. The van der Waals surface area contributed by atoms with Crippen LogP contribution in [0.25, 0.3) is 0 Å². The first-order valence-corrected chi connectivity index (χ1v) is 5.77. The molecule has 100 valence electrons. The van der Waals surface area contributed by atoms with Crippen LogP contribution in [-0.4, -0.2) is 25.4 Å². The van der Waals surface area contributed by atoms with Gasteiger partial charge in [0.2, 0.25) is 20.8 Å². The van der Waals surface area contributed by atoms with Gasteiger partial charge in [0.05, 0.1) is 12.0 Å². The Labute approximate surface area is 99.6 Å². The Bertz CT molecular complexity index is 589. The highest BCUT2D eigenvalue weighted by molar-refractivity contribution is 7.89. The van der Waals surface area contributed by atoms with E-state index in [4.69, 9.17) is 5.14 Å². The molecule has 0 aliphatic carbocycles. The number of hydrogen-bond acceptors (Lipinski definition) is 6. The molecule has 0 spiro atoms. The molecular formula is C7H7F2N3O5S. The molecule has 0 radical (unpaired) electrons. The predicted molar refractivity (Wildman–Crippen MR) is 53.8 cm³/mol. The lowest BCUT2D eigenvalue weighted by molar-refractivity contribution is -0.389. The van der Waals surface area contributed by atoms with Crippen molar-refractivity contribution < 1.29 is 26.9 Å². The molecule has 0 aliphatic rings. The Hall–Kier alpha value is -1.88. The molecular weight excluding hydrogens is 276 g/mol. The van der Waals surface area contributed by atoms with Crippen LogP contribution in [0, 0.1) is 10.1 Å². The minimum Gasteiger partial charge on any atom is -0.480 e. The van der Waals surface area contributed by atoms with Crippen LogP contribution in [-0.2, 0) is 10.0 Å².